The second-order valence-electron chi connectivity index (χ2n) is 5.90. The summed E-state index contributed by atoms with van der Waals surface area (Å²) < 4.78 is 0. The van der Waals surface area contributed by atoms with Crippen LogP contribution in [0, 0.1) is 0 Å². The molecule has 1 unspecified atom stereocenters. The van der Waals surface area contributed by atoms with Crippen molar-refractivity contribution in [2.75, 3.05) is 12.3 Å². The number of anilines is 1. The smallest absolute Gasteiger partial charge is 0.237 e. The number of carbonyl (C=O) groups excluding carboxylic acids is 1. The Kier molecular flexibility index (Phi) is 5.23. The van der Waals surface area contributed by atoms with Gasteiger partial charge in [0.05, 0.1) is 6.04 Å². The van der Waals surface area contributed by atoms with E-state index in [1.807, 2.05) is 19.1 Å². The van der Waals surface area contributed by atoms with Crippen LogP contribution >= 0.6 is 0 Å². The monoisotopic (exact) mass is 289 g/mol. The van der Waals surface area contributed by atoms with Crippen LogP contribution in [-0.2, 0) is 17.8 Å². The molecule has 3 N–H and O–H groups in total. The first-order valence-corrected chi connectivity index (χ1v) is 7.97. The predicted octanol–water partition coefficient (Wildman–Crippen LogP) is 2.32. The zero-order chi connectivity index (χ0) is 15.4. The fraction of sp³-hybridized carbons (Fsp3) is 0.588. The minimum absolute atomic E-state index is 0.0971. The number of carbonyl (C=O) groups is 1. The molecular formula is C17H27N3O. The van der Waals surface area contributed by atoms with Gasteiger partial charge in [-0.15, -0.1) is 0 Å². The van der Waals surface area contributed by atoms with E-state index in [2.05, 4.69) is 30.1 Å². The number of amides is 1. The van der Waals surface area contributed by atoms with Crippen molar-refractivity contribution in [1.29, 1.82) is 0 Å². The highest BCUT2D eigenvalue weighted by atomic mass is 16.2. The molecule has 0 bridgehead atoms. The van der Waals surface area contributed by atoms with Crippen LogP contribution in [0.25, 0.3) is 0 Å². The number of fused-ring (bicyclic) bond motifs is 1. The first kappa shape index (κ1) is 15.8. The fourth-order valence-corrected chi connectivity index (χ4v) is 2.97. The van der Waals surface area contributed by atoms with Crippen molar-refractivity contribution < 1.29 is 4.79 Å². The van der Waals surface area contributed by atoms with Gasteiger partial charge in [0.15, 0.2) is 0 Å². The molecular weight excluding hydrogens is 262 g/mol. The third-order valence-corrected chi connectivity index (χ3v) is 4.59. The number of nitrogens with zero attached hydrogens (tertiary/aromatic N) is 1. The molecule has 4 nitrogen and oxygen atoms in total. The Bertz CT molecular complexity index is 497. The Balaban J connectivity index is 2.02. The first-order valence-electron chi connectivity index (χ1n) is 7.97. The van der Waals surface area contributed by atoms with E-state index in [1.54, 1.807) is 0 Å². The highest BCUT2D eigenvalue weighted by Crippen LogP contribution is 2.25. The standard InChI is InChI=1S/C17H27N3O/c1-4-14(5-2)19-17(21)12(3)20-10-9-15-13(11-20)7-6-8-16(15)18/h6-8,12,14H,4-5,9-11,18H2,1-3H3,(H,19,21). The molecule has 0 fully saturated rings. The molecule has 0 saturated carbocycles. The number of hydrogen-bond donors (Lipinski definition) is 2. The summed E-state index contributed by atoms with van der Waals surface area (Å²) in [6, 6.07) is 6.25. The van der Waals surface area contributed by atoms with Gasteiger partial charge in [-0.25, -0.2) is 0 Å². The molecule has 0 radical (unpaired) electrons. The van der Waals surface area contributed by atoms with E-state index in [4.69, 9.17) is 5.73 Å². The van der Waals surface area contributed by atoms with Crippen molar-refractivity contribution in [3.63, 3.8) is 0 Å². The second kappa shape index (κ2) is 6.94. The molecule has 1 aliphatic rings. The third-order valence-electron chi connectivity index (χ3n) is 4.59. The molecule has 0 saturated heterocycles. The zero-order valence-corrected chi connectivity index (χ0v) is 13.4. The highest BCUT2D eigenvalue weighted by Gasteiger charge is 2.26. The lowest BCUT2D eigenvalue weighted by molar-refractivity contribution is -0.127. The number of hydrogen-bond acceptors (Lipinski definition) is 3. The Morgan fingerprint density at radius 2 is 2.10 bits per heavy atom. The van der Waals surface area contributed by atoms with Crippen LogP contribution in [-0.4, -0.2) is 29.4 Å². The number of nitrogens with one attached hydrogen (secondary N) is 1. The lowest BCUT2D eigenvalue weighted by Gasteiger charge is -2.34. The molecule has 0 aromatic heterocycles. The average Bonchev–Trinajstić information content (AvgIpc) is 2.51. The molecule has 21 heavy (non-hydrogen) atoms. The molecule has 1 aromatic rings. The molecule has 1 aliphatic heterocycles. The largest absolute Gasteiger partial charge is 0.398 e. The number of rotatable bonds is 5. The fourth-order valence-electron chi connectivity index (χ4n) is 2.97. The Hall–Kier alpha value is -1.55. The molecule has 2 rings (SSSR count). The Morgan fingerprint density at radius 3 is 2.76 bits per heavy atom. The van der Waals surface area contributed by atoms with Crippen molar-refractivity contribution >= 4 is 11.6 Å². The predicted molar refractivity (Wildman–Crippen MR) is 86.9 cm³/mol. The molecule has 1 atom stereocenters. The molecule has 0 spiro atoms. The summed E-state index contributed by atoms with van der Waals surface area (Å²) in [7, 11) is 0. The van der Waals surface area contributed by atoms with Gasteiger partial charge in [0.2, 0.25) is 5.91 Å². The molecule has 1 aromatic carbocycles. The van der Waals surface area contributed by atoms with Crippen LogP contribution in [0.3, 0.4) is 0 Å². The SMILES string of the molecule is CCC(CC)NC(=O)C(C)N1CCc2c(N)cccc2C1. The molecule has 1 amide bonds. The minimum Gasteiger partial charge on any atom is -0.398 e. The van der Waals surface area contributed by atoms with Crippen molar-refractivity contribution in [3.8, 4) is 0 Å². The van der Waals surface area contributed by atoms with Gasteiger partial charge in [0.1, 0.15) is 0 Å². The van der Waals surface area contributed by atoms with Gasteiger partial charge in [0.25, 0.3) is 0 Å². The highest BCUT2D eigenvalue weighted by molar-refractivity contribution is 5.81. The Morgan fingerprint density at radius 1 is 1.38 bits per heavy atom. The van der Waals surface area contributed by atoms with Crippen LogP contribution in [0.15, 0.2) is 18.2 Å². The van der Waals surface area contributed by atoms with Crippen molar-refractivity contribution in [2.24, 2.45) is 0 Å². The number of nitrogen functional groups attached to an aromatic ring is 1. The maximum Gasteiger partial charge on any atom is 0.237 e. The topological polar surface area (TPSA) is 58.4 Å². The van der Waals surface area contributed by atoms with Crippen LogP contribution in [0.4, 0.5) is 5.69 Å². The summed E-state index contributed by atoms with van der Waals surface area (Å²) in [5.74, 6) is 0.135. The van der Waals surface area contributed by atoms with Gasteiger partial charge < -0.3 is 11.1 Å². The molecule has 0 aliphatic carbocycles. The lowest BCUT2D eigenvalue weighted by atomic mass is 9.97. The van der Waals surface area contributed by atoms with Crippen molar-refractivity contribution in [1.82, 2.24) is 10.2 Å². The second-order valence-corrected chi connectivity index (χ2v) is 5.90. The third kappa shape index (κ3) is 3.56. The lowest BCUT2D eigenvalue weighted by Crippen LogP contribution is -2.49. The van der Waals surface area contributed by atoms with E-state index >= 15 is 0 Å². The molecule has 1 heterocycles. The van der Waals surface area contributed by atoms with Gasteiger partial charge >= 0.3 is 0 Å². The van der Waals surface area contributed by atoms with E-state index in [0.717, 1.165) is 38.0 Å². The van der Waals surface area contributed by atoms with Gasteiger partial charge in [0, 0.05) is 24.8 Å². The maximum atomic E-state index is 12.4. The summed E-state index contributed by atoms with van der Waals surface area (Å²) in [5.41, 5.74) is 9.41. The quantitative estimate of drug-likeness (QED) is 0.818. The van der Waals surface area contributed by atoms with Crippen LogP contribution in [0.1, 0.15) is 44.7 Å². The summed E-state index contributed by atoms with van der Waals surface area (Å²) in [6.45, 7) is 7.91. The van der Waals surface area contributed by atoms with E-state index in [9.17, 15) is 4.79 Å². The summed E-state index contributed by atoms with van der Waals surface area (Å²) in [5, 5.41) is 3.14. The van der Waals surface area contributed by atoms with Gasteiger partial charge in [-0.2, -0.15) is 0 Å². The van der Waals surface area contributed by atoms with E-state index in [0.29, 0.717) is 0 Å². The van der Waals surface area contributed by atoms with E-state index in [1.165, 1.54) is 11.1 Å². The van der Waals surface area contributed by atoms with E-state index in [-0.39, 0.29) is 18.0 Å². The van der Waals surface area contributed by atoms with Crippen LogP contribution in [0.2, 0.25) is 0 Å². The Labute approximate surface area is 127 Å². The summed E-state index contributed by atoms with van der Waals surface area (Å²) in [4.78, 5) is 14.6. The zero-order valence-electron chi connectivity index (χ0n) is 13.4. The summed E-state index contributed by atoms with van der Waals surface area (Å²) in [6.07, 6.45) is 2.88. The number of benzene rings is 1. The normalized spacial score (nSPS) is 16.6. The van der Waals surface area contributed by atoms with Crippen molar-refractivity contribution in [2.45, 2.75) is 58.7 Å². The maximum absolute atomic E-state index is 12.4. The first-order chi connectivity index (χ1) is 10.1. The number of nitrogens with two attached hydrogens (primary N) is 1. The molecule has 4 heteroatoms. The van der Waals surface area contributed by atoms with Gasteiger partial charge in [-0.3, -0.25) is 9.69 Å². The minimum atomic E-state index is -0.0971. The van der Waals surface area contributed by atoms with Crippen LogP contribution < -0.4 is 11.1 Å². The van der Waals surface area contributed by atoms with Gasteiger partial charge in [-0.05, 0) is 43.4 Å². The van der Waals surface area contributed by atoms with Crippen LogP contribution in [0.5, 0.6) is 0 Å². The van der Waals surface area contributed by atoms with Crippen molar-refractivity contribution in [3.05, 3.63) is 29.3 Å². The average molecular weight is 289 g/mol. The summed E-state index contributed by atoms with van der Waals surface area (Å²) >= 11 is 0. The molecule has 116 valence electrons. The van der Waals surface area contributed by atoms with Gasteiger partial charge in [-0.1, -0.05) is 26.0 Å². The van der Waals surface area contributed by atoms with E-state index < -0.39 is 0 Å².